The van der Waals surface area contributed by atoms with Gasteiger partial charge in [0.15, 0.2) is 6.04 Å². The van der Waals surface area contributed by atoms with Gasteiger partial charge in [-0.05, 0) is 23.6 Å². The van der Waals surface area contributed by atoms with Crippen molar-refractivity contribution in [2.45, 2.75) is 19.1 Å². The molecule has 0 saturated carbocycles. The number of para-hydroxylation sites is 1. The van der Waals surface area contributed by atoms with Gasteiger partial charge in [0.2, 0.25) is 5.91 Å². The summed E-state index contributed by atoms with van der Waals surface area (Å²) < 4.78 is 5.40. The maximum Gasteiger partial charge on any atom is 0.411 e. The molecule has 1 unspecified atom stereocenters. The Bertz CT molecular complexity index is 965. The lowest BCUT2D eigenvalue weighted by atomic mass is 9.97. The van der Waals surface area contributed by atoms with E-state index in [9.17, 15) is 9.59 Å². The lowest BCUT2D eigenvalue weighted by Crippen LogP contribution is -2.46. The molecule has 0 bridgehead atoms. The summed E-state index contributed by atoms with van der Waals surface area (Å²) in [7, 11) is 0. The van der Waals surface area contributed by atoms with Gasteiger partial charge in [-0.25, -0.2) is 4.79 Å². The number of rotatable bonds is 3. The van der Waals surface area contributed by atoms with Gasteiger partial charge in [0.05, 0.1) is 5.69 Å². The SMILES string of the molecule is NC(=O)C1c2[nH]c3ccccc3c2CCN1C(=O)OCc1ccccc1. The van der Waals surface area contributed by atoms with E-state index in [1.807, 2.05) is 54.6 Å². The highest BCUT2D eigenvalue weighted by atomic mass is 16.6. The second-order valence-electron chi connectivity index (χ2n) is 6.35. The minimum Gasteiger partial charge on any atom is -0.445 e. The smallest absolute Gasteiger partial charge is 0.411 e. The number of carbonyl (C=O) groups is 2. The molecule has 0 radical (unpaired) electrons. The van der Waals surface area contributed by atoms with Gasteiger partial charge in [-0.2, -0.15) is 0 Å². The third-order valence-corrected chi connectivity index (χ3v) is 4.74. The normalized spacial score (nSPS) is 16.3. The minimum atomic E-state index is -0.852. The number of aromatic nitrogens is 1. The number of hydrogen-bond donors (Lipinski definition) is 2. The first-order chi connectivity index (χ1) is 12.6. The number of benzene rings is 2. The van der Waals surface area contributed by atoms with Crippen LogP contribution in [-0.2, 0) is 22.6 Å². The molecule has 0 spiro atoms. The first kappa shape index (κ1) is 16.2. The number of primary amides is 1. The van der Waals surface area contributed by atoms with Gasteiger partial charge in [0, 0.05) is 17.4 Å². The van der Waals surface area contributed by atoms with Crippen LogP contribution in [0.15, 0.2) is 54.6 Å². The molecule has 2 heterocycles. The minimum absolute atomic E-state index is 0.154. The molecule has 3 aromatic rings. The van der Waals surface area contributed by atoms with E-state index < -0.39 is 18.0 Å². The monoisotopic (exact) mass is 349 g/mol. The number of nitrogens with two attached hydrogens (primary N) is 1. The Kier molecular flexibility index (Phi) is 4.08. The topological polar surface area (TPSA) is 88.4 Å². The number of nitrogens with zero attached hydrogens (tertiary/aromatic N) is 1. The summed E-state index contributed by atoms with van der Waals surface area (Å²) in [6, 6.07) is 16.4. The lowest BCUT2D eigenvalue weighted by molar-refractivity contribution is -0.123. The highest BCUT2D eigenvalue weighted by Crippen LogP contribution is 2.34. The summed E-state index contributed by atoms with van der Waals surface area (Å²) in [5, 5.41) is 1.06. The molecule has 3 N–H and O–H groups in total. The van der Waals surface area contributed by atoms with Crippen molar-refractivity contribution in [2.24, 2.45) is 5.73 Å². The number of amides is 2. The first-order valence-corrected chi connectivity index (χ1v) is 8.51. The van der Waals surface area contributed by atoms with E-state index >= 15 is 0 Å². The second-order valence-corrected chi connectivity index (χ2v) is 6.35. The average molecular weight is 349 g/mol. The van der Waals surface area contributed by atoms with Gasteiger partial charge in [-0.3, -0.25) is 9.69 Å². The van der Waals surface area contributed by atoms with Gasteiger partial charge in [-0.1, -0.05) is 48.5 Å². The third-order valence-electron chi connectivity index (χ3n) is 4.74. The number of carbonyl (C=O) groups excluding carboxylic acids is 2. The zero-order chi connectivity index (χ0) is 18.1. The third kappa shape index (κ3) is 2.79. The fourth-order valence-electron chi connectivity index (χ4n) is 3.54. The maximum atomic E-state index is 12.6. The zero-order valence-electron chi connectivity index (χ0n) is 14.1. The van der Waals surface area contributed by atoms with Crippen LogP contribution in [0.25, 0.3) is 10.9 Å². The Morgan fingerprint density at radius 3 is 2.62 bits per heavy atom. The van der Waals surface area contributed by atoms with Crippen LogP contribution in [0.1, 0.15) is 22.9 Å². The Balaban J connectivity index is 1.60. The number of ether oxygens (including phenoxy) is 1. The summed E-state index contributed by atoms with van der Waals surface area (Å²) in [5.74, 6) is -0.575. The van der Waals surface area contributed by atoms with Crippen LogP contribution in [-0.4, -0.2) is 28.4 Å². The molecule has 4 rings (SSSR count). The van der Waals surface area contributed by atoms with Gasteiger partial charge in [-0.15, -0.1) is 0 Å². The average Bonchev–Trinajstić information content (AvgIpc) is 3.04. The maximum absolute atomic E-state index is 12.6. The molecule has 26 heavy (non-hydrogen) atoms. The molecule has 2 amide bonds. The molecule has 2 aromatic carbocycles. The Morgan fingerprint density at radius 1 is 1.12 bits per heavy atom. The zero-order valence-corrected chi connectivity index (χ0v) is 14.1. The van der Waals surface area contributed by atoms with Crippen LogP contribution >= 0.6 is 0 Å². The standard InChI is InChI=1S/C20H19N3O3/c21-19(24)18-17-15(14-8-4-5-9-16(14)22-17)10-11-23(18)20(25)26-12-13-6-2-1-3-7-13/h1-9,18,22H,10-12H2,(H2,21,24). The molecule has 132 valence electrons. The fourth-order valence-corrected chi connectivity index (χ4v) is 3.54. The van der Waals surface area contributed by atoms with Crippen molar-refractivity contribution in [2.75, 3.05) is 6.54 Å². The molecule has 0 fully saturated rings. The van der Waals surface area contributed by atoms with Gasteiger partial charge in [0.25, 0.3) is 0 Å². The Hall–Kier alpha value is -3.28. The second kappa shape index (κ2) is 6.55. The van der Waals surface area contributed by atoms with Crippen LogP contribution in [0, 0.1) is 0 Å². The highest BCUT2D eigenvalue weighted by Gasteiger charge is 2.37. The van der Waals surface area contributed by atoms with E-state index in [1.54, 1.807) is 0 Å². The quantitative estimate of drug-likeness (QED) is 0.762. The summed E-state index contributed by atoms with van der Waals surface area (Å²) in [5.41, 5.74) is 9.17. The van der Waals surface area contributed by atoms with Crippen LogP contribution in [0.3, 0.4) is 0 Å². The van der Waals surface area contributed by atoms with Crippen molar-refractivity contribution in [3.05, 3.63) is 71.4 Å². The molecule has 0 aliphatic carbocycles. The number of hydrogen-bond acceptors (Lipinski definition) is 3. The molecule has 1 aliphatic rings. The molecular weight excluding hydrogens is 330 g/mol. The van der Waals surface area contributed by atoms with E-state index in [2.05, 4.69) is 4.98 Å². The number of aromatic amines is 1. The van der Waals surface area contributed by atoms with Crippen molar-refractivity contribution < 1.29 is 14.3 Å². The van der Waals surface area contributed by atoms with Crippen molar-refractivity contribution in [3.8, 4) is 0 Å². The molecule has 1 aromatic heterocycles. The summed E-state index contributed by atoms with van der Waals surface area (Å²) >= 11 is 0. The van der Waals surface area contributed by atoms with Crippen molar-refractivity contribution in [1.82, 2.24) is 9.88 Å². The van der Waals surface area contributed by atoms with E-state index in [0.29, 0.717) is 18.7 Å². The summed E-state index contributed by atoms with van der Waals surface area (Å²) in [6.07, 6.45) is 0.103. The van der Waals surface area contributed by atoms with Crippen molar-refractivity contribution >= 4 is 22.9 Å². The molecule has 1 aliphatic heterocycles. The van der Waals surface area contributed by atoms with Crippen molar-refractivity contribution in [1.29, 1.82) is 0 Å². The molecule has 1 atom stereocenters. The van der Waals surface area contributed by atoms with Gasteiger partial charge >= 0.3 is 6.09 Å². The number of H-pyrrole nitrogens is 1. The predicted octanol–water partition coefficient (Wildman–Crippen LogP) is 2.89. The summed E-state index contributed by atoms with van der Waals surface area (Å²) in [4.78, 5) is 29.4. The lowest BCUT2D eigenvalue weighted by Gasteiger charge is -2.33. The van der Waals surface area contributed by atoms with E-state index in [0.717, 1.165) is 22.0 Å². The van der Waals surface area contributed by atoms with E-state index in [4.69, 9.17) is 10.5 Å². The van der Waals surface area contributed by atoms with Crippen LogP contribution in [0.5, 0.6) is 0 Å². The van der Waals surface area contributed by atoms with Crippen LogP contribution < -0.4 is 5.73 Å². The highest BCUT2D eigenvalue weighted by molar-refractivity contribution is 5.91. The molecule has 0 saturated heterocycles. The van der Waals surface area contributed by atoms with Gasteiger partial charge < -0.3 is 15.5 Å². The van der Waals surface area contributed by atoms with E-state index in [1.165, 1.54) is 4.90 Å². The largest absolute Gasteiger partial charge is 0.445 e. The number of fused-ring (bicyclic) bond motifs is 3. The van der Waals surface area contributed by atoms with Crippen LogP contribution in [0.4, 0.5) is 4.79 Å². The van der Waals surface area contributed by atoms with E-state index in [-0.39, 0.29) is 6.61 Å². The fraction of sp³-hybridized carbons (Fsp3) is 0.200. The Labute approximate surface area is 150 Å². The first-order valence-electron chi connectivity index (χ1n) is 8.51. The number of nitrogens with one attached hydrogen (secondary N) is 1. The van der Waals surface area contributed by atoms with Crippen molar-refractivity contribution in [3.63, 3.8) is 0 Å². The molecule has 6 heteroatoms. The van der Waals surface area contributed by atoms with Gasteiger partial charge in [0.1, 0.15) is 6.61 Å². The molecular formula is C20H19N3O3. The van der Waals surface area contributed by atoms with Crippen LogP contribution in [0.2, 0.25) is 0 Å². The Morgan fingerprint density at radius 2 is 1.85 bits per heavy atom. The predicted molar refractivity (Wildman–Crippen MR) is 97.3 cm³/mol. The summed E-state index contributed by atoms with van der Waals surface area (Å²) in [6.45, 7) is 0.539. The molecule has 6 nitrogen and oxygen atoms in total.